The van der Waals surface area contributed by atoms with E-state index in [0.717, 1.165) is 35.6 Å². The van der Waals surface area contributed by atoms with Crippen molar-refractivity contribution in [3.8, 4) is 12.3 Å². The third-order valence-corrected chi connectivity index (χ3v) is 8.54. The Morgan fingerprint density at radius 3 is 2.17 bits per heavy atom. The van der Waals surface area contributed by atoms with Gasteiger partial charge in [-0.25, -0.2) is 4.99 Å². The number of aromatic nitrogens is 1. The summed E-state index contributed by atoms with van der Waals surface area (Å²) in [5.74, 6) is 1.43. The highest BCUT2D eigenvalue weighted by Crippen LogP contribution is 2.16. The zero-order chi connectivity index (χ0) is 34.2. The zero-order valence-corrected chi connectivity index (χ0v) is 28.4. The van der Waals surface area contributed by atoms with Gasteiger partial charge in [0.15, 0.2) is 0 Å². The van der Waals surface area contributed by atoms with Crippen LogP contribution in [0.5, 0.6) is 0 Å². The minimum atomic E-state index is -0.821. The molecule has 1 saturated heterocycles. The van der Waals surface area contributed by atoms with Gasteiger partial charge in [-0.05, 0) is 32.4 Å². The molecule has 1 fully saturated rings. The molecule has 258 valence electrons. The molecule has 2 aliphatic heterocycles. The summed E-state index contributed by atoms with van der Waals surface area (Å²) < 4.78 is 15.5. The summed E-state index contributed by atoms with van der Waals surface area (Å²) in [6, 6.07) is 4.54. The molecule has 0 amide bonds. The molecule has 1 aromatic heterocycles. The number of ether oxygens (including phenoxy) is 3. The molecular formula is C34H51N7O6. The number of esters is 3. The van der Waals surface area contributed by atoms with Gasteiger partial charge in [0.1, 0.15) is 12.1 Å². The number of hydrogen-bond acceptors (Lipinski definition) is 13. The Kier molecular flexibility index (Phi) is 16.0. The quantitative estimate of drug-likeness (QED) is 0.196. The largest absolute Gasteiger partial charge is 0.469 e. The van der Waals surface area contributed by atoms with Gasteiger partial charge in [-0.1, -0.05) is 18.1 Å². The Hall–Kier alpha value is -3.67. The molecule has 0 saturated carbocycles. The molecule has 0 aromatic carbocycles. The van der Waals surface area contributed by atoms with Crippen molar-refractivity contribution in [1.82, 2.24) is 24.6 Å². The number of methoxy groups -OCH3 is 2. The van der Waals surface area contributed by atoms with E-state index in [9.17, 15) is 14.4 Å². The Bertz CT molecular complexity index is 1300. The highest BCUT2D eigenvalue weighted by molar-refractivity contribution is 6.01. The highest BCUT2D eigenvalue weighted by Gasteiger charge is 2.32. The van der Waals surface area contributed by atoms with Crippen molar-refractivity contribution < 1.29 is 28.6 Å². The van der Waals surface area contributed by atoms with E-state index in [4.69, 9.17) is 31.4 Å². The summed E-state index contributed by atoms with van der Waals surface area (Å²) in [7, 11) is 2.64. The van der Waals surface area contributed by atoms with Gasteiger partial charge in [-0.2, -0.15) is 0 Å². The molecule has 1 aromatic rings. The minimum Gasteiger partial charge on any atom is -0.469 e. The van der Waals surface area contributed by atoms with Crippen LogP contribution < -0.4 is 5.73 Å². The van der Waals surface area contributed by atoms with Crippen molar-refractivity contribution in [3.63, 3.8) is 0 Å². The summed E-state index contributed by atoms with van der Waals surface area (Å²) in [5.41, 5.74) is 9.15. The molecule has 0 radical (unpaired) electrons. The van der Waals surface area contributed by atoms with Gasteiger partial charge in [-0.3, -0.25) is 39.0 Å². The lowest BCUT2D eigenvalue weighted by Gasteiger charge is -2.37. The number of rotatable bonds is 12. The summed E-state index contributed by atoms with van der Waals surface area (Å²) in [6.07, 6.45) is 9.21. The third kappa shape index (κ3) is 12.1. The maximum atomic E-state index is 13.1. The second kappa shape index (κ2) is 19.9. The van der Waals surface area contributed by atoms with Crippen molar-refractivity contribution in [2.45, 2.75) is 58.3 Å². The summed E-state index contributed by atoms with van der Waals surface area (Å²) >= 11 is 0. The van der Waals surface area contributed by atoms with Crippen LogP contribution in [0.15, 0.2) is 35.0 Å². The van der Waals surface area contributed by atoms with Gasteiger partial charge in [0.05, 0.1) is 50.0 Å². The maximum absolute atomic E-state index is 13.1. The molecule has 3 heterocycles. The fraction of sp³-hybridized carbons (Fsp3) is 0.618. The fourth-order valence-electron chi connectivity index (χ4n) is 5.74. The minimum absolute atomic E-state index is 0.130. The van der Waals surface area contributed by atoms with Crippen LogP contribution in [-0.4, -0.2) is 140 Å². The lowest BCUT2D eigenvalue weighted by molar-refractivity contribution is -0.153. The number of pyridine rings is 1. The van der Waals surface area contributed by atoms with E-state index >= 15 is 0 Å². The molecule has 2 unspecified atom stereocenters. The first-order valence-electron chi connectivity index (χ1n) is 16.3. The van der Waals surface area contributed by atoms with Crippen LogP contribution in [0, 0.1) is 12.3 Å². The molecule has 2 aliphatic rings. The standard InChI is InChI=1S/C34H51N7O6/c1-6-27-10-8-12-29(36-27)24-38-14-18-40(26(3)33(43)47-7-2)19-15-39(25-30-13-9-11-28(23-35)37-30)17-21-41(20-16-38)31(34(44)46-5)22-32(42)45-4/h1,9,11-13,26,31H,7-8,10,14-25,35H2,2-5H3. The highest BCUT2D eigenvalue weighted by atomic mass is 16.5. The number of aliphatic imine (C=N–C) groups is 1. The van der Waals surface area contributed by atoms with E-state index in [1.165, 1.54) is 14.2 Å². The van der Waals surface area contributed by atoms with Crippen LogP contribution in [0.4, 0.5) is 0 Å². The molecule has 13 nitrogen and oxygen atoms in total. The van der Waals surface area contributed by atoms with E-state index < -0.39 is 24.0 Å². The first-order valence-corrected chi connectivity index (χ1v) is 16.3. The predicted octanol–water partition coefficient (Wildman–Crippen LogP) is 1.07. The third-order valence-electron chi connectivity index (χ3n) is 8.54. The first-order chi connectivity index (χ1) is 22.7. The lowest BCUT2D eigenvalue weighted by atomic mass is 10.1. The number of hydrogen-bond donors (Lipinski definition) is 1. The maximum Gasteiger partial charge on any atom is 0.323 e. The van der Waals surface area contributed by atoms with Gasteiger partial charge in [0.2, 0.25) is 0 Å². The van der Waals surface area contributed by atoms with E-state index in [1.54, 1.807) is 0 Å². The molecule has 13 heteroatoms. The average Bonchev–Trinajstić information content (AvgIpc) is 3.09. The van der Waals surface area contributed by atoms with Crippen LogP contribution in [0.2, 0.25) is 0 Å². The van der Waals surface area contributed by atoms with E-state index in [-0.39, 0.29) is 12.4 Å². The number of allylic oxidation sites excluding steroid dienone is 1. The molecule has 47 heavy (non-hydrogen) atoms. The lowest BCUT2D eigenvalue weighted by Crippen LogP contribution is -2.52. The number of carbonyl (C=O) groups excluding carboxylic acids is 3. The number of carbonyl (C=O) groups is 3. The van der Waals surface area contributed by atoms with Gasteiger partial charge >= 0.3 is 17.9 Å². The average molecular weight is 654 g/mol. The second-order valence-electron chi connectivity index (χ2n) is 11.6. The monoisotopic (exact) mass is 653 g/mol. The van der Waals surface area contributed by atoms with Crippen molar-refractivity contribution in [3.05, 3.63) is 41.4 Å². The Balaban J connectivity index is 1.95. The molecule has 0 aliphatic carbocycles. The molecule has 0 spiro atoms. The number of nitrogens with zero attached hydrogens (tertiary/aromatic N) is 6. The van der Waals surface area contributed by atoms with E-state index in [2.05, 4.69) is 31.7 Å². The number of terminal acetylenes is 1. The van der Waals surface area contributed by atoms with Gasteiger partial charge in [0.25, 0.3) is 0 Å². The summed E-state index contributed by atoms with van der Waals surface area (Å²) in [6.45, 7) is 9.92. The van der Waals surface area contributed by atoms with Crippen LogP contribution in [0.3, 0.4) is 0 Å². The smallest absolute Gasteiger partial charge is 0.323 e. The molecule has 2 N–H and O–H groups in total. The van der Waals surface area contributed by atoms with Crippen molar-refractivity contribution in [1.29, 1.82) is 0 Å². The van der Waals surface area contributed by atoms with Crippen LogP contribution in [0.1, 0.15) is 44.5 Å². The predicted molar refractivity (Wildman–Crippen MR) is 179 cm³/mol. The summed E-state index contributed by atoms with van der Waals surface area (Å²) in [5, 5.41) is 0. The van der Waals surface area contributed by atoms with Crippen LogP contribution in [-0.2, 0) is 41.7 Å². The van der Waals surface area contributed by atoms with E-state index in [1.807, 2.05) is 36.9 Å². The second-order valence-corrected chi connectivity index (χ2v) is 11.6. The van der Waals surface area contributed by atoms with Gasteiger partial charge in [0, 0.05) is 78.4 Å². The van der Waals surface area contributed by atoms with Crippen LogP contribution in [0.25, 0.3) is 0 Å². The van der Waals surface area contributed by atoms with E-state index in [0.29, 0.717) is 78.6 Å². The van der Waals surface area contributed by atoms with Gasteiger partial charge in [-0.15, -0.1) is 6.42 Å². The van der Waals surface area contributed by atoms with Crippen molar-refractivity contribution in [2.75, 3.05) is 79.7 Å². The van der Waals surface area contributed by atoms with Crippen molar-refractivity contribution >= 4 is 23.6 Å². The Labute approximate surface area is 279 Å². The topological polar surface area (TPSA) is 143 Å². The molecular weight excluding hydrogens is 602 g/mol. The fourth-order valence-corrected chi connectivity index (χ4v) is 5.74. The SMILES string of the molecule is C#CC1=NC(CN2CCN(C(C)C(=O)OCC)CCN(Cc3cccc(CN)n3)CCN(C(CC(=O)OC)C(=O)OC)CC2)=CCC1. The normalized spacial score (nSPS) is 19.1. The van der Waals surface area contributed by atoms with Crippen molar-refractivity contribution in [2.24, 2.45) is 10.7 Å². The molecule has 3 rings (SSSR count). The number of nitrogens with two attached hydrogens (primary N) is 1. The van der Waals surface area contributed by atoms with Gasteiger partial charge < -0.3 is 19.9 Å². The summed E-state index contributed by atoms with van der Waals surface area (Å²) in [4.78, 5) is 56.4. The zero-order valence-electron chi connectivity index (χ0n) is 28.4. The molecule has 2 atom stereocenters. The van der Waals surface area contributed by atoms with Crippen LogP contribution >= 0.6 is 0 Å². The Morgan fingerprint density at radius 2 is 1.57 bits per heavy atom. The first kappa shape index (κ1) is 37.8. The Morgan fingerprint density at radius 1 is 0.936 bits per heavy atom. The molecule has 0 bridgehead atoms.